The minimum atomic E-state index is 1.16. The van der Waals surface area contributed by atoms with E-state index in [-0.39, 0.29) is 0 Å². The second-order valence-electron chi connectivity index (χ2n) is 1.89. The van der Waals surface area contributed by atoms with Crippen LogP contribution in [0.1, 0.15) is 5.69 Å². The average molecular weight is 155 g/mol. The van der Waals surface area contributed by atoms with Crippen molar-refractivity contribution in [3.63, 3.8) is 0 Å². The topological polar surface area (TPSA) is 12.9 Å². The van der Waals surface area contributed by atoms with Crippen LogP contribution in [0.15, 0.2) is 12.3 Å². The van der Waals surface area contributed by atoms with Gasteiger partial charge in [0, 0.05) is 6.20 Å². The van der Waals surface area contributed by atoms with Gasteiger partial charge in [-0.05, 0) is 13.0 Å². The van der Waals surface area contributed by atoms with Gasteiger partial charge in [-0.25, -0.2) is 0 Å². The molecule has 0 N–H and O–H groups in total. The zero-order valence-electron chi connectivity index (χ0n) is 4.92. The van der Waals surface area contributed by atoms with E-state index in [1.54, 1.807) is 0 Å². The van der Waals surface area contributed by atoms with Crippen LogP contribution in [-0.4, -0.2) is 4.98 Å². The van der Waals surface area contributed by atoms with Gasteiger partial charge in [-0.15, -0.1) is 0 Å². The molecule has 0 aliphatic heterocycles. The Morgan fingerprint density at radius 1 is 1.44 bits per heavy atom. The lowest BCUT2D eigenvalue weighted by Gasteiger charge is -1.98. The van der Waals surface area contributed by atoms with Crippen molar-refractivity contribution >= 4 is 30.1 Å². The number of aromatic nitrogens is 1. The van der Waals surface area contributed by atoms with Crippen molar-refractivity contribution < 1.29 is 0 Å². The Balaban J connectivity index is 2.86. The molecule has 46 valence electrons. The fourth-order valence-corrected chi connectivity index (χ4v) is 2.83. The summed E-state index contributed by atoms with van der Waals surface area (Å²) in [6, 6.07) is 2.06. The molecule has 0 unspecified atom stereocenters. The first-order valence-corrected chi connectivity index (χ1v) is 4.83. The Labute approximate surface area is 60.4 Å². The quantitative estimate of drug-likeness (QED) is 0.533. The van der Waals surface area contributed by atoms with Gasteiger partial charge in [-0.2, -0.15) is 0 Å². The molecule has 0 atom stereocenters. The maximum absolute atomic E-state index is 4.16. The number of nitrogens with zero attached hydrogens (tertiary/aromatic N) is 1. The van der Waals surface area contributed by atoms with Gasteiger partial charge in [-0.1, -0.05) is 20.7 Å². The minimum Gasteiger partial charge on any atom is -0.260 e. The lowest BCUT2D eigenvalue weighted by atomic mass is 10.4. The summed E-state index contributed by atoms with van der Waals surface area (Å²) in [5.41, 5.74) is 1.16. The fraction of sp³-hybridized carbons (Fsp3) is 0.167. The van der Waals surface area contributed by atoms with Crippen molar-refractivity contribution in [2.75, 3.05) is 0 Å². The molecule has 3 heteroatoms. The van der Waals surface area contributed by atoms with Crippen LogP contribution in [0.3, 0.4) is 0 Å². The minimum absolute atomic E-state index is 1.16. The van der Waals surface area contributed by atoms with E-state index < -0.39 is 0 Å². The van der Waals surface area contributed by atoms with Crippen molar-refractivity contribution in [1.82, 2.24) is 4.98 Å². The van der Waals surface area contributed by atoms with Gasteiger partial charge < -0.3 is 0 Å². The van der Waals surface area contributed by atoms with E-state index in [0.717, 1.165) is 5.69 Å². The monoisotopic (exact) mass is 155 g/mol. The van der Waals surface area contributed by atoms with Crippen molar-refractivity contribution in [2.45, 2.75) is 6.92 Å². The zero-order valence-corrected chi connectivity index (χ0v) is 6.55. The molecule has 0 spiro atoms. The van der Waals surface area contributed by atoms with Gasteiger partial charge in [0.1, 0.15) is 0 Å². The number of pyridine rings is 1. The number of aryl methyl sites for hydroxylation is 1. The molecule has 0 saturated carbocycles. The van der Waals surface area contributed by atoms with Crippen LogP contribution >= 0.6 is 20.7 Å². The summed E-state index contributed by atoms with van der Waals surface area (Å²) in [6.07, 6.45) is 1.86. The molecule has 0 bridgehead atoms. The predicted molar refractivity (Wildman–Crippen MR) is 42.2 cm³/mol. The molecule has 0 aliphatic carbocycles. The smallest absolute Gasteiger partial charge is 0.0770 e. The Bertz CT molecular complexity index is 320. The second kappa shape index (κ2) is 1.78. The highest BCUT2D eigenvalue weighted by Gasteiger charge is 2.00. The summed E-state index contributed by atoms with van der Waals surface area (Å²) in [5, 5.41) is 0. The molecule has 2 aromatic heterocycles. The van der Waals surface area contributed by atoms with Crippen LogP contribution in [0.5, 0.6) is 0 Å². The molecule has 0 aliphatic rings. The molecule has 0 amide bonds. The summed E-state index contributed by atoms with van der Waals surface area (Å²) in [4.78, 5) is 4.16. The van der Waals surface area contributed by atoms with Crippen LogP contribution in [0, 0.1) is 6.92 Å². The van der Waals surface area contributed by atoms with Gasteiger partial charge >= 0.3 is 0 Å². The van der Waals surface area contributed by atoms with Crippen LogP contribution < -0.4 is 0 Å². The largest absolute Gasteiger partial charge is 0.260 e. The van der Waals surface area contributed by atoms with Gasteiger partial charge in [0.15, 0.2) is 0 Å². The normalized spacial score (nSPS) is 10.8. The highest BCUT2D eigenvalue weighted by atomic mass is 32.9. The van der Waals surface area contributed by atoms with E-state index in [1.165, 1.54) is 9.40 Å². The predicted octanol–water partition coefficient (Wildman–Crippen LogP) is 2.67. The number of hydrogen-bond acceptors (Lipinski definition) is 3. The summed E-state index contributed by atoms with van der Waals surface area (Å²) < 4.78 is 2.75. The molecular formula is C6H5NS2. The Morgan fingerprint density at radius 2 is 2.33 bits per heavy atom. The molecule has 2 heterocycles. The third-order valence-electron chi connectivity index (χ3n) is 1.26. The van der Waals surface area contributed by atoms with Gasteiger partial charge in [-0.3, -0.25) is 4.98 Å². The molecule has 0 radical (unpaired) electrons. The van der Waals surface area contributed by atoms with Crippen LogP contribution in [-0.2, 0) is 0 Å². The summed E-state index contributed by atoms with van der Waals surface area (Å²) in [7, 11) is 3.63. The lowest BCUT2D eigenvalue weighted by molar-refractivity contribution is 1.25. The van der Waals surface area contributed by atoms with Crippen molar-refractivity contribution in [3.8, 4) is 0 Å². The molecule has 1 nitrogen and oxygen atoms in total. The van der Waals surface area contributed by atoms with Crippen LogP contribution in [0.2, 0.25) is 0 Å². The van der Waals surface area contributed by atoms with Gasteiger partial charge in [0.2, 0.25) is 0 Å². The van der Waals surface area contributed by atoms with Crippen molar-refractivity contribution in [3.05, 3.63) is 18.0 Å². The summed E-state index contributed by atoms with van der Waals surface area (Å²) in [6.45, 7) is 2.05. The number of hydrogen-bond donors (Lipinski definition) is 0. The number of fused-ring (bicyclic) bond motifs is 1. The first-order chi connectivity index (χ1) is 4.38. The van der Waals surface area contributed by atoms with E-state index in [9.17, 15) is 0 Å². The van der Waals surface area contributed by atoms with E-state index in [0.29, 0.717) is 0 Å². The Morgan fingerprint density at radius 3 is 2.78 bits per heavy atom. The maximum Gasteiger partial charge on any atom is 0.0770 e. The van der Waals surface area contributed by atoms with Crippen molar-refractivity contribution in [2.24, 2.45) is 0 Å². The third-order valence-corrected chi connectivity index (χ3v) is 3.96. The highest BCUT2D eigenvalue weighted by molar-refractivity contribution is 7.78. The summed E-state index contributed by atoms with van der Waals surface area (Å²) in [5.74, 6) is 0. The Hall–Kier alpha value is -0.410. The van der Waals surface area contributed by atoms with Crippen LogP contribution in [0.4, 0.5) is 0 Å². The fourth-order valence-electron chi connectivity index (χ4n) is 0.749. The van der Waals surface area contributed by atoms with E-state index in [2.05, 4.69) is 11.1 Å². The average Bonchev–Trinajstić information content (AvgIpc) is 1.74. The second-order valence-corrected chi connectivity index (χ2v) is 4.07. The van der Waals surface area contributed by atoms with E-state index in [1.807, 2.05) is 33.8 Å². The van der Waals surface area contributed by atoms with E-state index in [4.69, 9.17) is 0 Å². The third kappa shape index (κ3) is 0.686. The zero-order chi connectivity index (χ0) is 6.27. The molecule has 2 rings (SSSR count). The highest BCUT2D eigenvalue weighted by Crippen LogP contribution is 2.32. The van der Waals surface area contributed by atoms with Crippen LogP contribution in [0.25, 0.3) is 9.40 Å². The molecule has 0 fully saturated rings. The maximum atomic E-state index is 4.16. The summed E-state index contributed by atoms with van der Waals surface area (Å²) >= 11 is 0. The van der Waals surface area contributed by atoms with E-state index >= 15 is 0 Å². The Kier molecular flexibility index (Phi) is 1.07. The number of rotatable bonds is 0. The molecule has 9 heavy (non-hydrogen) atoms. The first-order valence-electron chi connectivity index (χ1n) is 2.68. The lowest BCUT2D eigenvalue weighted by Crippen LogP contribution is -1.79. The van der Waals surface area contributed by atoms with Gasteiger partial charge in [0.25, 0.3) is 0 Å². The molecule has 0 aromatic carbocycles. The van der Waals surface area contributed by atoms with Gasteiger partial charge in [0.05, 0.1) is 15.1 Å². The molecule has 0 saturated heterocycles. The molecule has 2 aromatic rings. The first kappa shape index (κ1) is 5.38. The standard InChI is InChI=1S/C6H5NS2/c1-4-6-5(8-9-6)2-3-7-4/h2-3H,1H3. The molecular weight excluding hydrogens is 150 g/mol. The van der Waals surface area contributed by atoms with Crippen molar-refractivity contribution in [1.29, 1.82) is 0 Å². The SMILES string of the molecule is Cc1nccc2ssc12.